The zero-order valence-electron chi connectivity index (χ0n) is 21.5. The van der Waals surface area contributed by atoms with Crippen molar-refractivity contribution in [1.82, 2.24) is 15.2 Å². The zero-order chi connectivity index (χ0) is 26.2. The molecule has 1 aliphatic heterocycles. The van der Waals surface area contributed by atoms with Gasteiger partial charge in [-0.2, -0.15) is 9.49 Å². The molecular formula is C28H34FN3O4. The van der Waals surface area contributed by atoms with Crippen LogP contribution >= 0.6 is 0 Å². The number of aliphatic hydroxyl groups excluding tert-OH is 1. The Balaban J connectivity index is 0.000000840. The summed E-state index contributed by atoms with van der Waals surface area (Å²) in [6, 6.07) is 7.48. The van der Waals surface area contributed by atoms with Gasteiger partial charge in [-0.25, -0.2) is 0 Å². The van der Waals surface area contributed by atoms with E-state index in [9.17, 15) is 9.18 Å². The molecule has 1 atom stereocenters. The normalized spacial score (nSPS) is 15.0. The summed E-state index contributed by atoms with van der Waals surface area (Å²) in [5.41, 5.74) is 4.02. The van der Waals surface area contributed by atoms with E-state index in [1.54, 1.807) is 13.3 Å². The predicted octanol–water partition coefficient (Wildman–Crippen LogP) is 5.36. The number of H-pyrrole nitrogens is 1. The first kappa shape index (κ1) is 27.1. The Labute approximate surface area is 211 Å². The largest absolute Gasteiger partial charge is 0.497 e. The molecule has 2 aromatic heterocycles. The lowest BCUT2D eigenvalue weighted by Gasteiger charge is -2.26. The van der Waals surface area contributed by atoms with Gasteiger partial charge in [0.15, 0.2) is 5.78 Å². The maximum absolute atomic E-state index is 14.0. The van der Waals surface area contributed by atoms with Gasteiger partial charge in [0.05, 0.1) is 37.1 Å². The van der Waals surface area contributed by atoms with Gasteiger partial charge < -0.3 is 14.6 Å². The summed E-state index contributed by atoms with van der Waals surface area (Å²) in [4.78, 5) is 18.0. The second kappa shape index (κ2) is 12.4. The molecule has 0 saturated heterocycles. The molecule has 0 fully saturated rings. The molecule has 3 heterocycles. The Morgan fingerprint density at radius 1 is 1.33 bits per heavy atom. The standard InChI is InChI=1S/C25H26FN3O3.C3H8O/c1-5-18(24(30)16-8-15-9-17(31-4)6-7-23(15)32-13-16)20-11-27-22(10-19(20)14(2)3)21-12-28-29-25(21)26;1-2-3-4/h5-7,9-12,14,16H,8,13H2,1-4H3,(H,28,29);4H,2-3H2,1H3/b18-5+;. The van der Waals surface area contributed by atoms with Gasteiger partial charge in [-0.05, 0) is 61.1 Å². The Bertz CT molecular complexity index is 1220. The van der Waals surface area contributed by atoms with Gasteiger partial charge in [0.25, 0.3) is 0 Å². The maximum Gasteiger partial charge on any atom is 0.218 e. The molecule has 4 rings (SSSR count). The van der Waals surface area contributed by atoms with E-state index in [1.807, 2.05) is 58.0 Å². The number of nitrogens with one attached hydrogen (secondary N) is 1. The van der Waals surface area contributed by atoms with Crippen molar-refractivity contribution in [3.63, 3.8) is 0 Å². The minimum absolute atomic E-state index is 0.00640. The average Bonchev–Trinajstić information content (AvgIpc) is 3.34. The smallest absolute Gasteiger partial charge is 0.218 e. The van der Waals surface area contributed by atoms with Crippen molar-refractivity contribution < 1.29 is 23.8 Å². The number of aromatic amines is 1. The van der Waals surface area contributed by atoms with Crippen LogP contribution in [0.2, 0.25) is 0 Å². The topological polar surface area (TPSA) is 97.3 Å². The summed E-state index contributed by atoms with van der Waals surface area (Å²) in [6.07, 6.45) is 6.34. The average molecular weight is 496 g/mol. The van der Waals surface area contributed by atoms with Crippen LogP contribution in [0, 0.1) is 11.9 Å². The number of methoxy groups -OCH3 is 1. The highest BCUT2D eigenvalue weighted by Gasteiger charge is 2.30. The Morgan fingerprint density at radius 2 is 2.08 bits per heavy atom. The molecular weight excluding hydrogens is 461 g/mol. The van der Waals surface area contributed by atoms with E-state index < -0.39 is 5.95 Å². The first-order chi connectivity index (χ1) is 17.3. The maximum atomic E-state index is 14.0. The van der Waals surface area contributed by atoms with Gasteiger partial charge in [-0.1, -0.05) is 26.8 Å². The second-order valence-corrected chi connectivity index (χ2v) is 8.89. The van der Waals surface area contributed by atoms with Crippen molar-refractivity contribution in [2.75, 3.05) is 20.3 Å². The van der Waals surface area contributed by atoms with Gasteiger partial charge in [0.1, 0.15) is 11.5 Å². The zero-order valence-corrected chi connectivity index (χ0v) is 21.5. The summed E-state index contributed by atoms with van der Waals surface area (Å²) in [5, 5.41) is 13.9. The monoisotopic (exact) mass is 495 g/mol. The van der Waals surface area contributed by atoms with Crippen molar-refractivity contribution >= 4 is 11.4 Å². The number of ketones is 1. The van der Waals surface area contributed by atoms with Crippen LogP contribution in [0.15, 0.2) is 42.7 Å². The minimum atomic E-state index is -0.532. The SMILES string of the molecule is C/C=C(/C(=O)C1COc2ccc(OC)cc2C1)c1cnc(-c2cn[nH]c2F)cc1C(C)C.CCCO. The highest BCUT2D eigenvalue weighted by Crippen LogP contribution is 2.35. The highest BCUT2D eigenvalue weighted by atomic mass is 19.1. The van der Waals surface area contributed by atoms with Crippen LogP contribution in [0.5, 0.6) is 11.5 Å². The number of fused-ring (bicyclic) bond motifs is 1. The lowest BCUT2D eigenvalue weighted by atomic mass is 9.84. The van der Waals surface area contributed by atoms with E-state index in [2.05, 4.69) is 15.2 Å². The van der Waals surface area contributed by atoms with Gasteiger partial charge in [0, 0.05) is 23.9 Å². The summed E-state index contributed by atoms with van der Waals surface area (Å²) in [7, 11) is 1.62. The third-order valence-electron chi connectivity index (χ3n) is 6.04. The Hall–Kier alpha value is -3.52. The number of hydrogen-bond donors (Lipinski definition) is 2. The van der Waals surface area contributed by atoms with Crippen molar-refractivity contribution in [2.45, 2.75) is 46.5 Å². The Kier molecular flexibility index (Phi) is 9.36. The molecule has 1 unspecified atom stereocenters. The lowest BCUT2D eigenvalue weighted by molar-refractivity contribution is -0.118. The molecule has 2 N–H and O–H groups in total. The number of rotatable bonds is 7. The Morgan fingerprint density at radius 3 is 2.67 bits per heavy atom. The fourth-order valence-electron chi connectivity index (χ4n) is 4.09. The van der Waals surface area contributed by atoms with E-state index in [-0.39, 0.29) is 17.6 Å². The highest BCUT2D eigenvalue weighted by molar-refractivity contribution is 6.22. The van der Waals surface area contributed by atoms with E-state index in [0.717, 1.165) is 34.6 Å². The molecule has 0 radical (unpaired) electrons. The number of Topliss-reactive ketones (excluding diaryl/α,β-unsaturated/α-hetero) is 1. The molecule has 0 saturated carbocycles. The molecule has 7 nitrogen and oxygen atoms in total. The molecule has 1 aromatic carbocycles. The number of hydrogen-bond acceptors (Lipinski definition) is 6. The number of aliphatic hydroxyl groups is 1. The lowest BCUT2D eigenvalue weighted by Crippen LogP contribution is -2.29. The van der Waals surface area contributed by atoms with Crippen LogP contribution < -0.4 is 9.47 Å². The number of allylic oxidation sites excluding steroid dienone is 2. The molecule has 0 aliphatic carbocycles. The summed E-state index contributed by atoms with van der Waals surface area (Å²) >= 11 is 0. The molecule has 0 spiro atoms. The quantitative estimate of drug-likeness (QED) is 0.429. The van der Waals surface area contributed by atoms with Gasteiger partial charge in [0.2, 0.25) is 5.95 Å². The molecule has 0 bridgehead atoms. The fraction of sp³-hybridized carbons (Fsp3) is 0.393. The summed E-state index contributed by atoms with van der Waals surface area (Å²) in [6.45, 7) is 8.50. The minimum Gasteiger partial charge on any atom is -0.497 e. The predicted molar refractivity (Wildman–Crippen MR) is 138 cm³/mol. The van der Waals surface area contributed by atoms with E-state index in [0.29, 0.717) is 36.5 Å². The number of carbonyl (C=O) groups is 1. The van der Waals surface area contributed by atoms with E-state index in [1.165, 1.54) is 6.20 Å². The van der Waals surface area contributed by atoms with Crippen molar-refractivity contribution in [3.05, 3.63) is 65.4 Å². The first-order valence-corrected chi connectivity index (χ1v) is 12.1. The molecule has 0 amide bonds. The molecule has 36 heavy (non-hydrogen) atoms. The number of ether oxygens (including phenoxy) is 2. The summed E-state index contributed by atoms with van der Waals surface area (Å²) in [5.74, 6) is 0.791. The third kappa shape index (κ3) is 5.99. The van der Waals surface area contributed by atoms with Crippen molar-refractivity contribution in [3.8, 4) is 22.8 Å². The number of nitrogens with zero attached hydrogens (tertiary/aromatic N) is 2. The number of benzene rings is 1. The van der Waals surface area contributed by atoms with Crippen LogP contribution in [0.25, 0.3) is 16.8 Å². The molecule has 192 valence electrons. The van der Waals surface area contributed by atoms with Gasteiger partial charge in [-0.3, -0.25) is 14.9 Å². The first-order valence-electron chi connectivity index (χ1n) is 12.1. The van der Waals surface area contributed by atoms with E-state index in [4.69, 9.17) is 14.6 Å². The number of pyridine rings is 1. The number of aromatic nitrogens is 3. The van der Waals surface area contributed by atoms with Crippen molar-refractivity contribution in [2.24, 2.45) is 5.92 Å². The molecule has 1 aliphatic rings. The second-order valence-electron chi connectivity index (χ2n) is 8.89. The molecule has 8 heteroatoms. The van der Waals surface area contributed by atoms with Gasteiger partial charge in [-0.15, -0.1) is 0 Å². The van der Waals surface area contributed by atoms with E-state index >= 15 is 0 Å². The third-order valence-corrected chi connectivity index (χ3v) is 6.04. The van der Waals surface area contributed by atoms with Crippen LogP contribution in [0.4, 0.5) is 4.39 Å². The van der Waals surface area contributed by atoms with Crippen LogP contribution in [0.1, 0.15) is 56.7 Å². The van der Waals surface area contributed by atoms with Crippen LogP contribution in [-0.2, 0) is 11.2 Å². The summed E-state index contributed by atoms with van der Waals surface area (Å²) < 4.78 is 25.2. The van der Waals surface area contributed by atoms with Crippen LogP contribution in [0.3, 0.4) is 0 Å². The number of halogens is 1. The fourth-order valence-corrected chi connectivity index (χ4v) is 4.09. The number of carbonyl (C=O) groups excluding carboxylic acids is 1. The van der Waals surface area contributed by atoms with Crippen LogP contribution in [-0.4, -0.2) is 46.4 Å². The van der Waals surface area contributed by atoms with Gasteiger partial charge >= 0.3 is 0 Å². The molecule has 3 aromatic rings. The van der Waals surface area contributed by atoms with Crippen molar-refractivity contribution in [1.29, 1.82) is 0 Å².